The Hall–Kier alpha value is -1.27. The summed E-state index contributed by atoms with van der Waals surface area (Å²) in [5.41, 5.74) is 0. The van der Waals surface area contributed by atoms with E-state index >= 15 is 0 Å². The Morgan fingerprint density at radius 2 is 2.33 bits per heavy atom. The van der Waals surface area contributed by atoms with Crippen LogP contribution in [-0.2, 0) is 9.59 Å². The molecule has 0 spiro atoms. The van der Waals surface area contributed by atoms with E-state index in [-0.39, 0.29) is 18.4 Å². The van der Waals surface area contributed by atoms with Gasteiger partial charge in [-0.3, -0.25) is 9.59 Å². The van der Waals surface area contributed by atoms with Gasteiger partial charge in [-0.1, -0.05) is 18.5 Å². The largest absolute Gasteiger partial charge is 0.483 e. The highest BCUT2D eigenvalue weighted by atomic mass is 79.9. The normalized spacial score (nSPS) is 18.3. The molecule has 1 N–H and O–H groups in total. The fraction of sp³-hybridized carbons (Fsp3) is 0.429. The quantitative estimate of drug-likeness (QED) is 0.878. The van der Waals surface area contributed by atoms with Gasteiger partial charge in [-0.25, -0.2) is 0 Å². The number of piperazine rings is 1. The van der Waals surface area contributed by atoms with Gasteiger partial charge in [0.15, 0.2) is 6.61 Å². The summed E-state index contributed by atoms with van der Waals surface area (Å²) in [4.78, 5) is 25.6. The molecular weight excluding hydrogens is 360 g/mol. The molecule has 5 nitrogen and oxygen atoms in total. The van der Waals surface area contributed by atoms with Crippen molar-refractivity contribution in [1.29, 1.82) is 0 Å². The lowest BCUT2D eigenvalue weighted by atomic mass is 10.1. The van der Waals surface area contributed by atoms with Crippen LogP contribution in [0.1, 0.15) is 13.3 Å². The molecule has 0 saturated carbocycles. The van der Waals surface area contributed by atoms with E-state index in [0.29, 0.717) is 34.8 Å². The molecule has 2 rings (SSSR count). The van der Waals surface area contributed by atoms with E-state index in [1.165, 1.54) is 0 Å². The molecule has 1 fully saturated rings. The van der Waals surface area contributed by atoms with Gasteiger partial charge in [-0.05, 0) is 40.5 Å². The van der Waals surface area contributed by atoms with Crippen molar-refractivity contribution in [3.8, 4) is 5.75 Å². The number of carbonyl (C=O) groups excluding carboxylic acids is 2. The Labute approximate surface area is 136 Å². The molecule has 2 amide bonds. The Morgan fingerprint density at radius 1 is 1.57 bits per heavy atom. The van der Waals surface area contributed by atoms with Crippen LogP contribution in [0, 0.1) is 0 Å². The van der Waals surface area contributed by atoms with Crippen LogP contribution in [-0.4, -0.2) is 42.5 Å². The van der Waals surface area contributed by atoms with Gasteiger partial charge in [-0.2, -0.15) is 0 Å². The van der Waals surface area contributed by atoms with Crippen LogP contribution in [0.15, 0.2) is 22.7 Å². The molecule has 1 atom stereocenters. The molecule has 0 radical (unpaired) electrons. The molecule has 1 aliphatic heterocycles. The topological polar surface area (TPSA) is 58.6 Å². The number of halogens is 2. The van der Waals surface area contributed by atoms with Gasteiger partial charge in [0.1, 0.15) is 11.8 Å². The second-order valence-corrected chi connectivity index (χ2v) is 5.96. The van der Waals surface area contributed by atoms with Gasteiger partial charge >= 0.3 is 0 Å². The number of nitrogens with zero attached hydrogens (tertiary/aromatic N) is 1. The summed E-state index contributed by atoms with van der Waals surface area (Å²) in [7, 11) is 0. The SMILES string of the molecule is CCC1C(=O)NCCN1C(=O)COc1ccc(Cl)cc1Br. The monoisotopic (exact) mass is 374 g/mol. The summed E-state index contributed by atoms with van der Waals surface area (Å²) in [5.74, 6) is 0.241. The van der Waals surface area contributed by atoms with E-state index in [0.717, 1.165) is 0 Å². The van der Waals surface area contributed by atoms with Crippen LogP contribution in [0.2, 0.25) is 5.02 Å². The average molecular weight is 376 g/mol. The van der Waals surface area contributed by atoms with Gasteiger partial charge in [0, 0.05) is 18.1 Å². The highest BCUT2D eigenvalue weighted by Gasteiger charge is 2.31. The van der Waals surface area contributed by atoms with Crippen LogP contribution in [0.5, 0.6) is 5.75 Å². The third-order valence-electron chi connectivity index (χ3n) is 3.28. The lowest BCUT2D eigenvalue weighted by molar-refractivity contribution is -0.144. The summed E-state index contributed by atoms with van der Waals surface area (Å²) in [6.45, 7) is 2.76. The number of hydrogen-bond acceptors (Lipinski definition) is 3. The van der Waals surface area contributed by atoms with E-state index < -0.39 is 6.04 Å². The fourth-order valence-electron chi connectivity index (χ4n) is 2.23. The maximum Gasteiger partial charge on any atom is 0.261 e. The third kappa shape index (κ3) is 3.89. The van der Waals surface area contributed by atoms with E-state index in [2.05, 4.69) is 21.2 Å². The number of ether oxygens (including phenoxy) is 1. The summed E-state index contributed by atoms with van der Waals surface area (Å²) in [6, 6.07) is 4.67. The zero-order chi connectivity index (χ0) is 15.4. The molecule has 1 aliphatic rings. The number of nitrogens with one attached hydrogen (secondary N) is 1. The number of rotatable bonds is 4. The summed E-state index contributed by atoms with van der Waals surface area (Å²) in [6.07, 6.45) is 0.586. The summed E-state index contributed by atoms with van der Waals surface area (Å²) >= 11 is 9.18. The van der Waals surface area contributed by atoms with E-state index in [1.54, 1.807) is 23.1 Å². The molecule has 0 aromatic heterocycles. The van der Waals surface area contributed by atoms with Crippen molar-refractivity contribution >= 4 is 39.3 Å². The predicted octanol–water partition coefficient (Wildman–Crippen LogP) is 2.22. The van der Waals surface area contributed by atoms with Crippen LogP contribution < -0.4 is 10.1 Å². The minimum absolute atomic E-state index is 0.107. The zero-order valence-corrected chi connectivity index (χ0v) is 13.9. The van der Waals surface area contributed by atoms with Gasteiger partial charge in [0.25, 0.3) is 5.91 Å². The zero-order valence-electron chi connectivity index (χ0n) is 11.6. The smallest absolute Gasteiger partial charge is 0.261 e. The molecule has 0 bridgehead atoms. The van der Waals surface area contributed by atoms with Gasteiger partial charge in [0.05, 0.1) is 4.47 Å². The van der Waals surface area contributed by atoms with Crippen molar-refractivity contribution < 1.29 is 14.3 Å². The van der Waals surface area contributed by atoms with Crippen molar-refractivity contribution in [2.24, 2.45) is 0 Å². The van der Waals surface area contributed by atoms with Gasteiger partial charge in [0.2, 0.25) is 5.91 Å². The number of hydrogen-bond donors (Lipinski definition) is 1. The Balaban J connectivity index is 1.99. The van der Waals surface area contributed by atoms with Crippen molar-refractivity contribution in [3.63, 3.8) is 0 Å². The van der Waals surface area contributed by atoms with Gasteiger partial charge in [-0.15, -0.1) is 0 Å². The molecule has 0 aliphatic carbocycles. The fourth-order valence-corrected chi connectivity index (χ4v) is 3.03. The lowest BCUT2D eigenvalue weighted by Crippen LogP contribution is -2.57. The predicted molar refractivity (Wildman–Crippen MR) is 83.4 cm³/mol. The standard InChI is InChI=1S/C14H16BrClN2O3/c1-2-11-14(20)17-5-6-18(11)13(19)8-21-12-4-3-9(16)7-10(12)15/h3-4,7,11H,2,5-6,8H2,1H3,(H,17,20). The van der Waals surface area contributed by atoms with Crippen molar-refractivity contribution in [2.45, 2.75) is 19.4 Å². The molecular formula is C14H16BrClN2O3. The van der Waals surface area contributed by atoms with Crippen LogP contribution in [0.25, 0.3) is 0 Å². The molecule has 1 saturated heterocycles. The minimum atomic E-state index is -0.413. The molecule has 114 valence electrons. The Kier molecular flexibility index (Phi) is 5.47. The second-order valence-electron chi connectivity index (χ2n) is 4.67. The summed E-state index contributed by atoms with van der Waals surface area (Å²) < 4.78 is 6.19. The minimum Gasteiger partial charge on any atom is -0.483 e. The van der Waals surface area contributed by atoms with Crippen molar-refractivity contribution in [1.82, 2.24) is 10.2 Å². The van der Waals surface area contributed by atoms with Crippen LogP contribution >= 0.6 is 27.5 Å². The third-order valence-corrected chi connectivity index (χ3v) is 4.14. The summed E-state index contributed by atoms with van der Waals surface area (Å²) in [5, 5.41) is 3.34. The number of carbonyl (C=O) groups is 2. The highest BCUT2D eigenvalue weighted by Crippen LogP contribution is 2.28. The average Bonchev–Trinajstić information content (AvgIpc) is 2.45. The van der Waals surface area contributed by atoms with Gasteiger partial charge < -0.3 is 15.0 Å². The Bertz CT molecular complexity index is 553. The van der Waals surface area contributed by atoms with E-state index in [4.69, 9.17) is 16.3 Å². The van der Waals surface area contributed by atoms with Crippen molar-refractivity contribution in [3.05, 3.63) is 27.7 Å². The first kappa shape index (κ1) is 16.1. The molecule has 7 heteroatoms. The van der Waals surface area contributed by atoms with E-state index in [9.17, 15) is 9.59 Å². The first-order chi connectivity index (χ1) is 10.0. The van der Waals surface area contributed by atoms with E-state index in [1.807, 2.05) is 6.92 Å². The lowest BCUT2D eigenvalue weighted by Gasteiger charge is -2.34. The molecule has 1 heterocycles. The molecule has 1 aromatic rings. The first-order valence-electron chi connectivity index (χ1n) is 6.68. The molecule has 1 unspecified atom stereocenters. The van der Waals surface area contributed by atoms with Crippen molar-refractivity contribution in [2.75, 3.05) is 19.7 Å². The Morgan fingerprint density at radius 3 is 3.00 bits per heavy atom. The highest BCUT2D eigenvalue weighted by molar-refractivity contribution is 9.10. The maximum absolute atomic E-state index is 12.2. The van der Waals surface area contributed by atoms with Crippen LogP contribution in [0.3, 0.4) is 0 Å². The number of benzene rings is 1. The number of amides is 2. The second kappa shape index (κ2) is 7.13. The molecule has 21 heavy (non-hydrogen) atoms. The maximum atomic E-state index is 12.2. The molecule has 1 aromatic carbocycles. The first-order valence-corrected chi connectivity index (χ1v) is 7.85. The van der Waals surface area contributed by atoms with Crippen LogP contribution in [0.4, 0.5) is 0 Å².